The number of carbonyl (C=O) groups is 1. The van der Waals surface area contributed by atoms with E-state index < -0.39 is 0 Å². The Kier molecular flexibility index (Phi) is 8.18. The molecule has 0 atom stereocenters. The first-order valence-electron chi connectivity index (χ1n) is 10.8. The molecule has 7 heteroatoms. The highest BCUT2D eigenvalue weighted by atomic mass is 16.3. The van der Waals surface area contributed by atoms with Crippen LogP contribution in [-0.4, -0.2) is 74.5 Å². The van der Waals surface area contributed by atoms with E-state index in [0.717, 1.165) is 51.5 Å². The number of hydrogen-bond donors (Lipinski definition) is 1. The lowest BCUT2D eigenvalue weighted by Crippen LogP contribution is -2.53. The van der Waals surface area contributed by atoms with Crippen molar-refractivity contribution in [3.05, 3.63) is 54.5 Å². The van der Waals surface area contributed by atoms with E-state index in [4.69, 9.17) is 9.41 Å². The van der Waals surface area contributed by atoms with Gasteiger partial charge in [0.1, 0.15) is 0 Å². The Balaban J connectivity index is 1.42. The maximum atomic E-state index is 12.4. The number of furan rings is 1. The fraction of sp³-hybridized carbons (Fsp3) is 0.478. The maximum absolute atomic E-state index is 12.4. The summed E-state index contributed by atoms with van der Waals surface area (Å²) in [6.45, 7) is 7.63. The van der Waals surface area contributed by atoms with Gasteiger partial charge in [0.15, 0.2) is 11.7 Å². The van der Waals surface area contributed by atoms with Crippen molar-refractivity contribution in [3.63, 3.8) is 0 Å². The molecular formula is C23H33N5O2. The van der Waals surface area contributed by atoms with Crippen LogP contribution >= 0.6 is 0 Å². The zero-order chi connectivity index (χ0) is 21.2. The standard InChI is InChI=1S/C23H33N5O2/c1-3-24-23(25-13-7-8-14-26(2)20-10-5-4-6-11-20)28-17-15-27(16-18-28)22(29)21-12-9-19-30-21/h4-6,9-12,19H,3,7-8,13-18H2,1-2H3,(H,24,25). The number of anilines is 1. The number of aliphatic imine (C=N–C) groups is 1. The third-order valence-electron chi connectivity index (χ3n) is 5.29. The molecule has 1 saturated heterocycles. The number of piperazine rings is 1. The molecule has 0 bridgehead atoms. The molecule has 1 fully saturated rings. The number of para-hydroxylation sites is 1. The minimum atomic E-state index is -0.0378. The quantitative estimate of drug-likeness (QED) is 0.411. The molecule has 0 saturated carbocycles. The average molecular weight is 412 g/mol. The first-order chi connectivity index (χ1) is 14.7. The molecule has 30 heavy (non-hydrogen) atoms. The van der Waals surface area contributed by atoms with E-state index in [1.807, 2.05) is 11.0 Å². The van der Waals surface area contributed by atoms with Crippen LogP contribution in [0.1, 0.15) is 30.3 Å². The van der Waals surface area contributed by atoms with Crippen molar-refractivity contribution in [1.82, 2.24) is 15.1 Å². The van der Waals surface area contributed by atoms with Gasteiger partial charge in [0, 0.05) is 58.5 Å². The minimum Gasteiger partial charge on any atom is -0.459 e. The number of amides is 1. The number of nitrogens with zero attached hydrogens (tertiary/aromatic N) is 4. The summed E-state index contributed by atoms with van der Waals surface area (Å²) in [6.07, 6.45) is 3.68. The van der Waals surface area contributed by atoms with E-state index in [1.54, 1.807) is 12.1 Å². The summed E-state index contributed by atoms with van der Waals surface area (Å²) in [6, 6.07) is 13.9. The van der Waals surface area contributed by atoms with Crippen molar-refractivity contribution in [2.24, 2.45) is 4.99 Å². The van der Waals surface area contributed by atoms with Gasteiger partial charge in [-0.2, -0.15) is 0 Å². The molecule has 2 aromatic rings. The van der Waals surface area contributed by atoms with Crippen LogP contribution in [0.15, 0.2) is 58.1 Å². The lowest BCUT2D eigenvalue weighted by molar-refractivity contribution is 0.0657. The Hall–Kier alpha value is -2.96. The van der Waals surface area contributed by atoms with E-state index in [0.29, 0.717) is 18.8 Å². The predicted molar refractivity (Wildman–Crippen MR) is 121 cm³/mol. The third kappa shape index (κ3) is 6.02. The van der Waals surface area contributed by atoms with Crippen molar-refractivity contribution < 1.29 is 9.21 Å². The van der Waals surface area contributed by atoms with Crippen molar-refractivity contribution in [3.8, 4) is 0 Å². The van der Waals surface area contributed by atoms with Crippen LogP contribution in [0.3, 0.4) is 0 Å². The second-order valence-corrected chi connectivity index (χ2v) is 7.46. The van der Waals surface area contributed by atoms with Crippen LogP contribution < -0.4 is 10.2 Å². The smallest absolute Gasteiger partial charge is 0.289 e. The Morgan fingerprint density at radius 2 is 1.80 bits per heavy atom. The lowest BCUT2D eigenvalue weighted by atomic mass is 10.2. The summed E-state index contributed by atoms with van der Waals surface area (Å²) in [7, 11) is 2.13. The summed E-state index contributed by atoms with van der Waals surface area (Å²) in [4.78, 5) is 23.6. The Morgan fingerprint density at radius 3 is 2.47 bits per heavy atom. The molecule has 1 amide bonds. The highest BCUT2D eigenvalue weighted by Gasteiger charge is 2.25. The summed E-state index contributed by atoms with van der Waals surface area (Å²) < 4.78 is 5.24. The Morgan fingerprint density at radius 1 is 1.07 bits per heavy atom. The van der Waals surface area contributed by atoms with Gasteiger partial charge in [-0.25, -0.2) is 0 Å². The molecule has 1 aromatic heterocycles. The second-order valence-electron chi connectivity index (χ2n) is 7.46. The van der Waals surface area contributed by atoms with Gasteiger partial charge < -0.3 is 24.4 Å². The van der Waals surface area contributed by atoms with Crippen LogP contribution in [-0.2, 0) is 0 Å². The number of benzene rings is 1. The van der Waals surface area contributed by atoms with Crippen LogP contribution in [0.2, 0.25) is 0 Å². The van der Waals surface area contributed by atoms with Crippen LogP contribution in [0, 0.1) is 0 Å². The first kappa shape index (κ1) is 21.7. The first-order valence-corrected chi connectivity index (χ1v) is 10.8. The molecule has 7 nitrogen and oxygen atoms in total. The van der Waals surface area contributed by atoms with Gasteiger partial charge in [0.05, 0.1) is 6.26 Å². The normalized spacial score (nSPS) is 14.7. The highest BCUT2D eigenvalue weighted by molar-refractivity contribution is 5.91. The van der Waals surface area contributed by atoms with Crippen molar-refractivity contribution in [2.75, 3.05) is 57.8 Å². The zero-order valence-electron chi connectivity index (χ0n) is 18.1. The number of carbonyl (C=O) groups excluding carboxylic acids is 1. The monoisotopic (exact) mass is 411 g/mol. The van der Waals surface area contributed by atoms with Gasteiger partial charge in [-0.15, -0.1) is 0 Å². The van der Waals surface area contributed by atoms with Crippen molar-refractivity contribution >= 4 is 17.6 Å². The molecule has 162 valence electrons. The third-order valence-corrected chi connectivity index (χ3v) is 5.29. The number of guanidine groups is 1. The molecule has 1 aromatic carbocycles. The van der Waals surface area contributed by atoms with Gasteiger partial charge in [-0.05, 0) is 44.0 Å². The minimum absolute atomic E-state index is 0.0378. The van der Waals surface area contributed by atoms with E-state index in [9.17, 15) is 4.79 Å². The Labute approximate surface area is 179 Å². The number of rotatable bonds is 8. The number of nitrogens with one attached hydrogen (secondary N) is 1. The summed E-state index contributed by atoms with van der Waals surface area (Å²) in [5, 5.41) is 3.39. The zero-order valence-corrected chi connectivity index (χ0v) is 18.1. The molecule has 3 rings (SSSR count). The summed E-state index contributed by atoms with van der Waals surface area (Å²) in [5.74, 6) is 1.31. The fourth-order valence-corrected chi connectivity index (χ4v) is 3.56. The molecule has 1 N–H and O–H groups in total. The van der Waals surface area contributed by atoms with Crippen LogP contribution in [0.25, 0.3) is 0 Å². The second kappa shape index (κ2) is 11.3. The molecule has 0 unspecified atom stereocenters. The van der Waals surface area contributed by atoms with E-state index in [2.05, 4.69) is 53.4 Å². The lowest BCUT2D eigenvalue weighted by Gasteiger charge is -2.36. The SMILES string of the molecule is CCNC(=NCCCCN(C)c1ccccc1)N1CCN(C(=O)c2ccco2)CC1. The molecule has 2 heterocycles. The molecular weight excluding hydrogens is 378 g/mol. The maximum Gasteiger partial charge on any atom is 0.289 e. The van der Waals surface area contributed by atoms with Gasteiger partial charge in [0.2, 0.25) is 0 Å². The van der Waals surface area contributed by atoms with Gasteiger partial charge >= 0.3 is 0 Å². The molecule has 0 aliphatic carbocycles. The van der Waals surface area contributed by atoms with E-state index in [-0.39, 0.29) is 5.91 Å². The van der Waals surface area contributed by atoms with Crippen molar-refractivity contribution in [1.29, 1.82) is 0 Å². The van der Waals surface area contributed by atoms with Crippen LogP contribution in [0.4, 0.5) is 5.69 Å². The van der Waals surface area contributed by atoms with E-state index in [1.165, 1.54) is 12.0 Å². The summed E-state index contributed by atoms with van der Waals surface area (Å²) in [5.41, 5.74) is 1.25. The number of unbranched alkanes of at least 4 members (excludes halogenated alkanes) is 1. The molecule has 1 aliphatic heterocycles. The van der Waals surface area contributed by atoms with E-state index >= 15 is 0 Å². The Bertz CT molecular complexity index is 783. The number of hydrogen-bond acceptors (Lipinski definition) is 4. The average Bonchev–Trinajstić information content (AvgIpc) is 3.33. The largest absolute Gasteiger partial charge is 0.459 e. The van der Waals surface area contributed by atoms with Gasteiger partial charge in [0.25, 0.3) is 5.91 Å². The molecule has 0 radical (unpaired) electrons. The van der Waals surface area contributed by atoms with Crippen LogP contribution in [0.5, 0.6) is 0 Å². The predicted octanol–water partition coefficient (Wildman–Crippen LogP) is 2.92. The summed E-state index contributed by atoms with van der Waals surface area (Å²) >= 11 is 0. The van der Waals surface area contributed by atoms with Crippen molar-refractivity contribution in [2.45, 2.75) is 19.8 Å². The topological polar surface area (TPSA) is 64.3 Å². The highest BCUT2D eigenvalue weighted by Crippen LogP contribution is 2.12. The fourth-order valence-electron chi connectivity index (χ4n) is 3.56. The molecule has 1 aliphatic rings. The van der Waals surface area contributed by atoms with Gasteiger partial charge in [-0.1, -0.05) is 18.2 Å². The van der Waals surface area contributed by atoms with Gasteiger partial charge in [-0.3, -0.25) is 9.79 Å². The molecule has 0 spiro atoms.